The van der Waals surface area contributed by atoms with E-state index in [1.807, 2.05) is 6.07 Å². The first kappa shape index (κ1) is 13.8. The highest BCUT2D eigenvalue weighted by atomic mass is 35.5. The Hall–Kier alpha value is -1.64. The second-order valence-corrected chi connectivity index (χ2v) is 4.73. The van der Waals surface area contributed by atoms with Gasteiger partial charge in [0.05, 0.1) is 12.1 Å². The molecule has 0 aromatic heterocycles. The van der Waals surface area contributed by atoms with E-state index in [0.29, 0.717) is 26.9 Å². The Balaban J connectivity index is 2.48. The van der Waals surface area contributed by atoms with E-state index in [2.05, 4.69) is 6.58 Å². The number of hydrogen-bond acceptors (Lipinski definition) is 2. The predicted molar refractivity (Wildman–Crippen MR) is 79.3 cm³/mol. The largest absolute Gasteiger partial charge is 0.508 e. The molecule has 0 aliphatic rings. The number of methoxy groups -OCH3 is 1. The monoisotopic (exact) mass is 294 g/mol. The van der Waals surface area contributed by atoms with Gasteiger partial charge < -0.3 is 9.84 Å². The van der Waals surface area contributed by atoms with Gasteiger partial charge in [-0.15, -0.1) is 0 Å². The molecule has 19 heavy (non-hydrogen) atoms. The Morgan fingerprint density at radius 3 is 2.53 bits per heavy atom. The van der Waals surface area contributed by atoms with Crippen molar-refractivity contribution in [3.8, 4) is 11.5 Å². The predicted octanol–water partition coefficient (Wildman–Crippen LogP) is 4.77. The fourth-order valence-corrected chi connectivity index (χ4v) is 2.28. The molecule has 0 amide bonds. The molecule has 0 aliphatic heterocycles. The van der Waals surface area contributed by atoms with E-state index in [9.17, 15) is 5.11 Å². The number of hydrogen-bond donors (Lipinski definition) is 1. The molecule has 0 spiro atoms. The summed E-state index contributed by atoms with van der Waals surface area (Å²) in [6.45, 7) is 4.00. The normalized spacial score (nSPS) is 10.3. The lowest BCUT2D eigenvalue weighted by atomic mass is 9.99. The fourth-order valence-electron chi connectivity index (χ4n) is 1.77. The third-order valence-electron chi connectivity index (χ3n) is 2.79. The Morgan fingerprint density at radius 2 is 1.89 bits per heavy atom. The summed E-state index contributed by atoms with van der Waals surface area (Å²) in [6.07, 6.45) is 0. The summed E-state index contributed by atoms with van der Waals surface area (Å²) in [5.41, 5.74) is 2.17. The van der Waals surface area contributed by atoms with Crippen LogP contribution in [0.2, 0.25) is 10.0 Å². The van der Waals surface area contributed by atoms with Gasteiger partial charge in [-0.2, -0.15) is 0 Å². The molecule has 0 saturated heterocycles. The average molecular weight is 295 g/mol. The van der Waals surface area contributed by atoms with Crippen LogP contribution in [0, 0.1) is 0 Å². The second-order valence-electron chi connectivity index (χ2n) is 3.97. The van der Waals surface area contributed by atoms with Crippen LogP contribution in [0.4, 0.5) is 0 Å². The van der Waals surface area contributed by atoms with Gasteiger partial charge in [-0.05, 0) is 35.4 Å². The van der Waals surface area contributed by atoms with Crippen LogP contribution in [0.3, 0.4) is 0 Å². The van der Waals surface area contributed by atoms with Gasteiger partial charge in [0.2, 0.25) is 0 Å². The number of ether oxygens (including phenoxy) is 1. The first-order chi connectivity index (χ1) is 9.04. The zero-order valence-electron chi connectivity index (χ0n) is 10.3. The summed E-state index contributed by atoms with van der Waals surface area (Å²) in [7, 11) is 1.53. The van der Waals surface area contributed by atoms with Crippen molar-refractivity contribution >= 4 is 28.8 Å². The van der Waals surface area contributed by atoms with Crippen LogP contribution >= 0.6 is 23.2 Å². The number of halogens is 2. The van der Waals surface area contributed by atoms with Gasteiger partial charge in [-0.3, -0.25) is 0 Å². The third kappa shape index (κ3) is 2.70. The minimum absolute atomic E-state index is 0.175. The van der Waals surface area contributed by atoms with Crippen molar-refractivity contribution in [2.45, 2.75) is 0 Å². The number of benzene rings is 2. The van der Waals surface area contributed by atoms with Crippen LogP contribution in [-0.4, -0.2) is 12.2 Å². The van der Waals surface area contributed by atoms with Crippen LogP contribution in [0.15, 0.2) is 43.0 Å². The molecule has 1 N–H and O–H groups in total. The lowest BCUT2D eigenvalue weighted by Gasteiger charge is -2.12. The van der Waals surface area contributed by atoms with Gasteiger partial charge in [0, 0.05) is 5.56 Å². The third-order valence-corrected chi connectivity index (χ3v) is 3.65. The molecule has 4 heteroatoms. The molecule has 2 aromatic rings. The summed E-state index contributed by atoms with van der Waals surface area (Å²) in [5.74, 6) is 0.688. The van der Waals surface area contributed by atoms with Crippen molar-refractivity contribution in [2.75, 3.05) is 7.11 Å². The minimum Gasteiger partial charge on any atom is -0.508 e. The summed E-state index contributed by atoms with van der Waals surface area (Å²) < 4.78 is 5.10. The molecule has 0 atom stereocenters. The Morgan fingerprint density at radius 1 is 1.16 bits per heavy atom. The van der Waals surface area contributed by atoms with Crippen LogP contribution in [-0.2, 0) is 0 Å². The molecule has 0 bridgehead atoms. The topological polar surface area (TPSA) is 29.5 Å². The molecule has 98 valence electrons. The van der Waals surface area contributed by atoms with Gasteiger partial charge in [0.25, 0.3) is 0 Å². The molecule has 2 aromatic carbocycles. The van der Waals surface area contributed by atoms with E-state index in [1.165, 1.54) is 7.11 Å². The molecule has 0 aliphatic carbocycles. The van der Waals surface area contributed by atoms with Crippen LogP contribution in [0.1, 0.15) is 11.1 Å². The number of aromatic hydroxyl groups is 1. The summed E-state index contributed by atoms with van der Waals surface area (Å²) >= 11 is 12.3. The van der Waals surface area contributed by atoms with E-state index < -0.39 is 0 Å². The van der Waals surface area contributed by atoms with Gasteiger partial charge >= 0.3 is 0 Å². The molecular formula is C15H12Cl2O2. The summed E-state index contributed by atoms with van der Waals surface area (Å²) in [6, 6.07) is 10.3. The number of phenols is 1. The van der Waals surface area contributed by atoms with Crippen molar-refractivity contribution in [1.82, 2.24) is 0 Å². The van der Waals surface area contributed by atoms with Gasteiger partial charge in [0.15, 0.2) is 0 Å². The van der Waals surface area contributed by atoms with Crippen LogP contribution < -0.4 is 4.74 Å². The van der Waals surface area contributed by atoms with Crippen molar-refractivity contribution in [1.29, 1.82) is 0 Å². The lowest BCUT2D eigenvalue weighted by molar-refractivity contribution is 0.415. The van der Waals surface area contributed by atoms with Crippen molar-refractivity contribution in [2.24, 2.45) is 0 Å². The van der Waals surface area contributed by atoms with Gasteiger partial charge in [-0.25, -0.2) is 0 Å². The molecule has 2 nitrogen and oxygen atoms in total. The first-order valence-electron chi connectivity index (χ1n) is 5.55. The lowest BCUT2D eigenvalue weighted by Crippen LogP contribution is -1.91. The first-order valence-corrected chi connectivity index (χ1v) is 6.31. The molecule has 0 saturated carbocycles. The maximum absolute atomic E-state index is 9.49. The average Bonchev–Trinajstić information content (AvgIpc) is 2.41. The standard InChI is InChI=1S/C15H12Cl2O2/c1-9(10-4-3-5-11(18)8-10)12-6-7-13(19-2)15(17)14(12)16/h3-8,18H,1H2,2H3. The van der Waals surface area contributed by atoms with Crippen molar-refractivity contribution < 1.29 is 9.84 Å². The zero-order valence-corrected chi connectivity index (χ0v) is 11.8. The maximum atomic E-state index is 9.49. The van der Waals surface area contributed by atoms with Crippen LogP contribution in [0.5, 0.6) is 11.5 Å². The van der Waals surface area contributed by atoms with E-state index in [4.69, 9.17) is 27.9 Å². The van der Waals surface area contributed by atoms with E-state index >= 15 is 0 Å². The highest BCUT2D eigenvalue weighted by molar-refractivity contribution is 6.44. The molecule has 0 fully saturated rings. The second kappa shape index (κ2) is 5.55. The van der Waals surface area contributed by atoms with Crippen LogP contribution in [0.25, 0.3) is 5.57 Å². The molecule has 0 unspecified atom stereocenters. The Kier molecular flexibility index (Phi) is 4.03. The van der Waals surface area contributed by atoms with Gasteiger partial charge in [0.1, 0.15) is 16.5 Å². The van der Waals surface area contributed by atoms with Gasteiger partial charge in [-0.1, -0.05) is 41.9 Å². The molecule has 0 radical (unpaired) electrons. The Bertz CT molecular complexity index is 636. The highest BCUT2D eigenvalue weighted by Gasteiger charge is 2.13. The van der Waals surface area contributed by atoms with Crippen molar-refractivity contribution in [3.63, 3.8) is 0 Å². The fraction of sp³-hybridized carbons (Fsp3) is 0.0667. The SMILES string of the molecule is C=C(c1cccc(O)c1)c1ccc(OC)c(Cl)c1Cl. The van der Waals surface area contributed by atoms with E-state index in [0.717, 1.165) is 5.56 Å². The molecule has 2 rings (SSSR count). The van der Waals surface area contributed by atoms with Crippen molar-refractivity contribution in [3.05, 3.63) is 64.1 Å². The number of phenolic OH excluding ortho intramolecular Hbond substituents is 1. The molecular weight excluding hydrogens is 283 g/mol. The quantitative estimate of drug-likeness (QED) is 0.884. The molecule has 0 heterocycles. The summed E-state index contributed by atoms with van der Waals surface area (Å²) in [4.78, 5) is 0. The van der Waals surface area contributed by atoms with E-state index in [1.54, 1.807) is 30.3 Å². The summed E-state index contributed by atoms with van der Waals surface area (Å²) in [5, 5.41) is 10.2. The maximum Gasteiger partial charge on any atom is 0.139 e. The minimum atomic E-state index is 0.175. The smallest absolute Gasteiger partial charge is 0.139 e. The zero-order chi connectivity index (χ0) is 14.0. The van der Waals surface area contributed by atoms with E-state index in [-0.39, 0.29) is 5.75 Å². The number of rotatable bonds is 3. The Labute approximate surface area is 121 Å². The highest BCUT2D eigenvalue weighted by Crippen LogP contribution is 2.38.